The van der Waals surface area contributed by atoms with Gasteiger partial charge in [-0.15, -0.1) is 0 Å². The van der Waals surface area contributed by atoms with E-state index in [-0.39, 0.29) is 0 Å². The summed E-state index contributed by atoms with van der Waals surface area (Å²) in [6.45, 7) is 2.75. The lowest BCUT2D eigenvalue weighted by molar-refractivity contribution is 0.0649. The van der Waals surface area contributed by atoms with Crippen LogP contribution in [-0.2, 0) is 4.74 Å². The first-order valence-corrected chi connectivity index (χ1v) is 5.47. The highest BCUT2D eigenvalue weighted by Gasteiger charge is 2.11. The van der Waals surface area contributed by atoms with Gasteiger partial charge in [0.2, 0.25) is 0 Å². The van der Waals surface area contributed by atoms with Crippen LogP contribution in [-0.4, -0.2) is 12.6 Å². The van der Waals surface area contributed by atoms with Gasteiger partial charge in [0.15, 0.2) is 0 Å². The van der Waals surface area contributed by atoms with E-state index < -0.39 is 5.97 Å². The monoisotopic (exact) mass is 221 g/mol. The second-order valence-electron chi connectivity index (χ2n) is 3.48. The summed E-state index contributed by atoms with van der Waals surface area (Å²) < 4.78 is 9.97. The van der Waals surface area contributed by atoms with Crippen LogP contribution in [0, 0.1) is 7.11 Å². The van der Waals surface area contributed by atoms with E-state index in [0.717, 1.165) is 19.3 Å². The molecule has 0 bridgehead atoms. The van der Waals surface area contributed by atoms with Gasteiger partial charge < -0.3 is 9.47 Å². The third-order valence-corrected chi connectivity index (χ3v) is 2.24. The summed E-state index contributed by atoms with van der Waals surface area (Å²) in [6.07, 6.45) is 3.26. The Bertz CT molecular complexity index is 334. The van der Waals surface area contributed by atoms with Crippen molar-refractivity contribution in [3.63, 3.8) is 0 Å². The Labute approximate surface area is 96.4 Å². The first-order chi connectivity index (χ1) is 7.79. The van der Waals surface area contributed by atoms with Crippen molar-refractivity contribution in [2.75, 3.05) is 6.61 Å². The van der Waals surface area contributed by atoms with Crippen LogP contribution in [0.3, 0.4) is 0 Å². The van der Waals surface area contributed by atoms with Crippen molar-refractivity contribution in [1.82, 2.24) is 0 Å². The summed E-state index contributed by atoms with van der Waals surface area (Å²) in [5.74, 6) is 0.0957. The minimum Gasteiger partial charge on any atom is -0.493 e. The Hall–Kier alpha value is -1.51. The van der Waals surface area contributed by atoms with Crippen LogP contribution in [0.1, 0.15) is 36.5 Å². The fraction of sp³-hybridized carbons (Fsp3) is 0.385. The molecule has 1 rings (SSSR count). The number of ether oxygens (including phenoxy) is 2. The summed E-state index contributed by atoms with van der Waals surface area (Å²) in [4.78, 5) is 11.4. The molecule has 0 unspecified atom stereocenters. The molecule has 1 aromatic carbocycles. The van der Waals surface area contributed by atoms with E-state index in [1.165, 1.54) is 0 Å². The Morgan fingerprint density at radius 3 is 2.75 bits per heavy atom. The van der Waals surface area contributed by atoms with E-state index in [0.29, 0.717) is 17.9 Å². The van der Waals surface area contributed by atoms with Crippen LogP contribution in [0.4, 0.5) is 0 Å². The van der Waals surface area contributed by atoms with Gasteiger partial charge in [0, 0.05) is 0 Å². The average molecular weight is 221 g/mol. The predicted octanol–water partition coefficient (Wildman–Crippen LogP) is 3.20. The SMILES string of the molecule is [CH2]OC(=O)c1ccccc1OCCCCC. The maximum Gasteiger partial charge on any atom is 0.342 e. The molecule has 0 fully saturated rings. The smallest absolute Gasteiger partial charge is 0.342 e. The van der Waals surface area contributed by atoms with Gasteiger partial charge in [0.25, 0.3) is 0 Å². The fourth-order valence-corrected chi connectivity index (χ4v) is 1.37. The largest absolute Gasteiger partial charge is 0.493 e. The number of esters is 1. The molecular weight excluding hydrogens is 204 g/mol. The highest BCUT2D eigenvalue weighted by Crippen LogP contribution is 2.19. The quantitative estimate of drug-likeness (QED) is 0.546. The lowest BCUT2D eigenvalue weighted by Gasteiger charge is -2.09. The van der Waals surface area contributed by atoms with E-state index >= 15 is 0 Å². The first kappa shape index (κ1) is 12.6. The van der Waals surface area contributed by atoms with Crippen LogP contribution >= 0.6 is 0 Å². The standard InChI is InChI=1S/C13H17O3/c1-3-4-7-10-16-12-9-6-5-8-11(12)13(14)15-2/h5-6,8-9H,2-4,7,10H2,1H3. The highest BCUT2D eigenvalue weighted by atomic mass is 16.5. The Balaban J connectivity index is 2.60. The second kappa shape index (κ2) is 6.88. The van der Waals surface area contributed by atoms with Crippen molar-refractivity contribution in [3.8, 4) is 5.75 Å². The number of benzene rings is 1. The number of carbonyl (C=O) groups is 1. The molecule has 0 aliphatic rings. The molecule has 0 aliphatic heterocycles. The summed E-state index contributed by atoms with van der Waals surface area (Å²) in [5, 5.41) is 0. The molecule has 0 amide bonds. The van der Waals surface area contributed by atoms with Gasteiger partial charge >= 0.3 is 5.97 Å². The highest BCUT2D eigenvalue weighted by molar-refractivity contribution is 5.92. The molecule has 0 saturated carbocycles. The van der Waals surface area contributed by atoms with Crippen LogP contribution in [0.25, 0.3) is 0 Å². The zero-order valence-electron chi connectivity index (χ0n) is 9.57. The summed E-state index contributed by atoms with van der Waals surface area (Å²) >= 11 is 0. The molecule has 0 aliphatic carbocycles. The zero-order chi connectivity index (χ0) is 11.8. The predicted molar refractivity (Wildman–Crippen MR) is 62.2 cm³/mol. The number of unbranched alkanes of at least 4 members (excludes halogenated alkanes) is 2. The fourth-order valence-electron chi connectivity index (χ4n) is 1.37. The average Bonchev–Trinajstić information content (AvgIpc) is 2.34. The molecule has 0 aromatic heterocycles. The Morgan fingerprint density at radius 1 is 1.31 bits per heavy atom. The third-order valence-electron chi connectivity index (χ3n) is 2.24. The molecule has 0 spiro atoms. The van der Waals surface area contributed by atoms with Crippen molar-refractivity contribution in [2.24, 2.45) is 0 Å². The molecule has 0 saturated heterocycles. The molecule has 0 heterocycles. The van der Waals surface area contributed by atoms with Gasteiger partial charge in [-0.3, -0.25) is 0 Å². The van der Waals surface area contributed by atoms with Crippen molar-refractivity contribution in [2.45, 2.75) is 26.2 Å². The molecule has 87 valence electrons. The molecule has 0 N–H and O–H groups in total. The van der Waals surface area contributed by atoms with E-state index in [2.05, 4.69) is 18.8 Å². The van der Waals surface area contributed by atoms with Crippen LogP contribution in [0.5, 0.6) is 5.75 Å². The molecule has 3 heteroatoms. The number of carbonyl (C=O) groups excluding carboxylic acids is 1. The first-order valence-electron chi connectivity index (χ1n) is 5.47. The third kappa shape index (κ3) is 3.57. The molecule has 3 nitrogen and oxygen atoms in total. The van der Waals surface area contributed by atoms with E-state index in [4.69, 9.17) is 4.74 Å². The molecular formula is C13H17O3. The Morgan fingerprint density at radius 2 is 2.06 bits per heavy atom. The minimum atomic E-state index is -0.467. The Kier molecular flexibility index (Phi) is 5.40. The lowest BCUT2D eigenvalue weighted by atomic mass is 10.2. The number of para-hydroxylation sites is 1. The zero-order valence-corrected chi connectivity index (χ0v) is 9.57. The summed E-state index contributed by atoms with van der Waals surface area (Å²) in [5.41, 5.74) is 0.425. The second-order valence-corrected chi connectivity index (χ2v) is 3.48. The van der Waals surface area contributed by atoms with Crippen molar-refractivity contribution in [3.05, 3.63) is 36.9 Å². The van der Waals surface area contributed by atoms with Crippen molar-refractivity contribution >= 4 is 5.97 Å². The van der Waals surface area contributed by atoms with Crippen LogP contribution in [0.2, 0.25) is 0 Å². The normalized spacial score (nSPS) is 9.88. The van der Waals surface area contributed by atoms with Gasteiger partial charge in [0.05, 0.1) is 6.61 Å². The molecule has 1 aromatic rings. The van der Waals surface area contributed by atoms with Gasteiger partial charge in [-0.05, 0) is 18.6 Å². The maximum atomic E-state index is 11.4. The van der Waals surface area contributed by atoms with Gasteiger partial charge in [-0.2, -0.15) is 0 Å². The van der Waals surface area contributed by atoms with Gasteiger partial charge in [-0.1, -0.05) is 31.9 Å². The van der Waals surface area contributed by atoms with E-state index in [1.54, 1.807) is 18.2 Å². The lowest BCUT2D eigenvalue weighted by Crippen LogP contribution is -2.05. The van der Waals surface area contributed by atoms with Crippen LogP contribution < -0.4 is 4.74 Å². The van der Waals surface area contributed by atoms with E-state index in [9.17, 15) is 4.79 Å². The van der Waals surface area contributed by atoms with E-state index in [1.807, 2.05) is 6.07 Å². The molecule has 16 heavy (non-hydrogen) atoms. The van der Waals surface area contributed by atoms with Crippen molar-refractivity contribution in [1.29, 1.82) is 0 Å². The minimum absolute atomic E-state index is 0.425. The topological polar surface area (TPSA) is 35.5 Å². The van der Waals surface area contributed by atoms with Crippen LogP contribution in [0.15, 0.2) is 24.3 Å². The number of hydrogen-bond acceptors (Lipinski definition) is 3. The number of rotatable bonds is 6. The maximum absolute atomic E-state index is 11.4. The van der Waals surface area contributed by atoms with Crippen molar-refractivity contribution < 1.29 is 14.3 Å². The molecule has 0 atom stereocenters. The van der Waals surface area contributed by atoms with Gasteiger partial charge in [-0.25, -0.2) is 4.79 Å². The number of hydrogen-bond donors (Lipinski definition) is 0. The summed E-state index contributed by atoms with van der Waals surface area (Å²) in [6, 6.07) is 7.03. The summed E-state index contributed by atoms with van der Waals surface area (Å²) in [7, 11) is 3.11. The van der Waals surface area contributed by atoms with Gasteiger partial charge in [0.1, 0.15) is 18.4 Å². The molecule has 1 radical (unpaired) electrons.